The molecule has 0 bridgehead atoms. The Hall–Kier alpha value is -4.04. The number of hydrogen-bond donors (Lipinski definition) is 0. The van der Waals surface area contributed by atoms with Crippen molar-refractivity contribution in [2.75, 3.05) is 0 Å². The maximum absolute atomic E-state index is 4.72. The van der Waals surface area contributed by atoms with Crippen LogP contribution in [0, 0.1) is 0 Å². The Morgan fingerprint density at radius 3 is 1.27 bits per heavy atom. The number of fused-ring (bicyclic) bond motifs is 3. The van der Waals surface area contributed by atoms with Crippen LogP contribution in [0.3, 0.4) is 0 Å². The van der Waals surface area contributed by atoms with Gasteiger partial charge in [-0.25, -0.2) is 0 Å². The molecule has 4 aromatic carbocycles. The largest absolute Gasteiger partial charge is 0.256 e. The highest BCUT2D eigenvalue weighted by molar-refractivity contribution is 6.22. The third kappa shape index (κ3) is 2.58. The SMILES string of the molecule is c1ccc(-c2c3ccccc3c(-c3ccccn3)c3cc4ccccc4cc23)nc1. The molecule has 0 saturated heterocycles. The summed E-state index contributed by atoms with van der Waals surface area (Å²) in [5, 5.41) is 7.24. The molecule has 2 aromatic heterocycles. The summed E-state index contributed by atoms with van der Waals surface area (Å²) in [5.74, 6) is 0. The smallest absolute Gasteiger partial charge is 0.0714 e. The van der Waals surface area contributed by atoms with E-state index in [2.05, 4.69) is 84.9 Å². The molecule has 0 aliphatic carbocycles. The van der Waals surface area contributed by atoms with Crippen LogP contribution in [0.15, 0.2) is 109 Å². The van der Waals surface area contributed by atoms with Crippen LogP contribution in [0.5, 0.6) is 0 Å². The van der Waals surface area contributed by atoms with Gasteiger partial charge in [-0.2, -0.15) is 0 Å². The van der Waals surface area contributed by atoms with Crippen molar-refractivity contribution in [1.82, 2.24) is 9.97 Å². The molecule has 30 heavy (non-hydrogen) atoms. The van der Waals surface area contributed by atoms with Crippen LogP contribution >= 0.6 is 0 Å². The van der Waals surface area contributed by atoms with E-state index in [4.69, 9.17) is 9.97 Å². The number of nitrogens with zero attached hydrogens (tertiary/aromatic N) is 2. The van der Waals surface area contributed by atoms with Crippen LogP contribution in [-0.2, 0) is 0 Å². The van der Waals surface area contributed by atoms with Crippen molar-refractivity contribution in [3.63, 3.8) is 0 Å². The van der Waals surface area contributed by atoms with Crippen LogP contribution in [-0.4, -0.2) is 9.97 Å². The molecular weight excluding hydrogens is 364 g/mol. The molecule has 6 aromatic rings. The van der Waals surface area contributed by atoms with Crippen molar-refractivity contribution >= 4 is 32.3 Å². The molecule has 0 aliphatic heterocycles. The number of rotatable bonds is 2. The maximum atomic E-state index is 4.72. The molecule has 0 unspecified atom stereocenters. The van der Waals surface area contributed by atoms with Crippen LogP contribution in [0.2, 0.25) is 0 Å². The minimum atomic E-state index is 0.988. The van der Waals surface area contributed by atoms with Gasteiger partial charge in [0.25, 0.3) is 0 Å². The minimum absolute atomic E-state index is 0.988. The highest BCUT2D eigenvalue weighted by Crippen LogP contribution is 2.43. The standard InChI is InChI=1S/C28H18N2/c1-2-10-20-18-24-23(17-19(20)9-1)27(25-13-5-7-15-29-25)21-11-3-4-12-22(21)28(24)26-14-6-8-16-30-26/h1-18H. The Bertz CT molecular complexity index is 1400. The van der Waals surface area contributed by atoms with E-state index < -0.39 is 0 Å². The molecule has 2 heteroatoms. The predicted molar refractivity (Wildman–Crippen MR) is 125 cm³/mol. The summed E-state index contributed by atoms with van der Waals surface area (Å²) < 4.78 is 0. The Labute approximate surface area is 174 Å². The van der Waals surface area contributed by atoms with Gasteiger partial charge in [0.1, 0.15) is 0 Å². The van der Waals surface area contributed by atoms with E-state index >= 15 is 0 Å². The number of hydrogen-bond acceptors (Lipinski definition) is 2. The Morgan fingerprint density at radius 1 is 0.400 bits per heavy atom. The molecule has 0 atom stereocenters. The minimum Gasteiger partial charge on any atom is -0.256 e. The summed E-state index contributed by atoms with van der Waals surface area (Å²) >= 11 is 0. The average molecular weight is 382 g/mol. The lowest BCUT2D eigenvalue weighted by atomic mass is 9.87. The monoisotopic (exact) mass is 382 g/mol. The van der Waals surface area contributed by atoms with E-state index in [1.54, 1.807) is 0 Å². The first-order chi connectivity index (χ1) is 14.9. The maximum Gasteiger partial charge on any atom is 0.0714 e. The molecule has 0 radical (unpaired) electrons. The average Bonchev–Trinajstić information content (AvgIpc) is 2.82. The predicted octanol–water partition coefficient (Wildman–Crippen LogP) is 7.27. The first-order valence-corrected chi connectivity index (χ1v) is 10.1. The van der Waals surface area contributed by atoms with Crippen molar-refractivity contribution < 1.29 is 0 Å². The van der Waals surface area contributed by atoms with Gasteiger partial charge in [0.2, 0.25) is 0 Å². The van der Waals surface area contributed by atoms with Crippen LogP contribution in [0.25, 0.3) is 54.8 Å². The lowest BCUT2D eigenvalue weighted by Gasteiger charge is -2.17. The number of pyridine rings is 2. The van der Waals surface area contributed by atoms with E-state index in [-0.39, 0.29) is 0 Å². The van der Waals surface area contributed by atoms with E-state index in [0.29, 0.717) is 0 Å². The van der Waals surface area contributed by atoms with Crippen LogP contribution in [0.4, 0.5) is 0 Å². The molecule has 0 amide bonds. The number of aromatic nitrogens is 2. The van der Waals surface area contributed by atoms with E-state index in [0.717, 1.165) is 11.4 Å². The lowest BCUT2D eigenvalue weighted by Crippen LogP contribution is -1.93. The molecule has 0 spiro atoms. The Balaban J connectivity index is 1.90. The summed E-state index contributed by atoms with van der Waals surface area (Å²) in [6.07, 6.45) is 3.73. The fourth-order valence-corrected chi connectivity index (χ4v) is 4.44. The molecule has 0 saturated carbocycles. The molecule has 2 heterocycles. The second kappa shape index (κ2) is 6.78. The number of benzene rings is 4. The summed E-state index contributed by atoms with van der Waals surface area (Å²) in [6, 6.07) is 33.9. The summed E-state index contributed by atoms with van der Waals surface area (Å²) in [7, 11) is 0. The first kappa shape index (κ1) is 16.9. The van der Waals surface area contributed by atoms with Crippen molar-refractivity contribution in [2.45, 2.75) is 0 Å². The topological polar surface area (TPSA) is 25.8 Å². The highest BCUT2D eigenvalue weighted by Gasteiger charge is 2.18. The van der Waals surface area contributed by atoms with Crippen LogP contribution < -0.4 is 0 Å². The van der Waals surface area contributed by atoms with E-state index in [1.165, 1.54) is 43.4 Å². The summed E-state index contributed by atoms with van der Waals surface area (Å²) in [4.78, 5) is 9.43. The van der Waals surface area contributed by atoms with Gasteiger partial charge in [-0.15, -0.1) is 0 Å². The third-order valence-electron chi connectivity index (χ3n) is 5.73. The van der Waals surface area contributed by atoms with Crippen molar-refractivity contribution in [3.8, 4) is 22.5 Å². The fraction of sp³-hybridized carbons (Fsp3) is 0. The van der Waals surface area contributed by atoms with Crippen molar-refractivity contribution in [2.24, 2.45) is 0 Å². The van der Waals surface area contributed by atoms with E-state index in [1.807, 2.05) is 24.5 Å². The molecule has 0 aliphatic rings. The third-order valence-corrected chi connectivity index (χ3v) is 5.73. The molecule has 0 N–H and O–H groups in total. The van der Waals surface area contributed by atoms with Gasteiger partial charge in [-0.3, -0.25) is 9.97 Å². The molecule has 2 nitrogen and oxygen atoms in total. The zero-order valence-electron chi connectivity index (χ0n) is 16.3. The summed E-state index contributed by atoms with van der Waals surface area (Å²) in [6.45, 7) is 0. The highest BCUT2D eigenvalue weighted by atomic mass is 14.7. The fourth-order valence-electron chi connectivity index (χ4n) is 4.44. The van der Waals surface area contributed by atoms with Gasteiger partial charge in [-0.1, -0.05) is 60.7 Å². The van der Waals surface area contributed by atoms with Gasteiger partial charge >= 0.3 is 0 Å². The van der Waals surface area contributed by atoms with Gasteiger partial charge in [-0.05, 0) is 68.7 Å². The molecule has 0 fully saturated rings. The second-order valence-electron chi connectivity index (χ2n) is 7.47. The van der Waals surface area contributed by atoms with Gasteiger partial charge in [0, 0.05) is 23.5 Å². The van der Waals surface area contributed by atoms with Gasteiger partial charge < -0.3 is 0 Å². The zero-order chi connectivity index (χ0) is 19.9. The summed E-state index contributed by atoms with van der Waals surface area (Å²) in [5.41, 5.74) is 4.32. The Kier molecular flexibility index (Phi) is 3.82. The van der Waals surface area contributed by atoms with E-state index in [9.17, 15) is 0 Å². The molecule has 6 rings (SSSR count). The van der Waals surface area contributed by atoms with Crippen molar-refractivity contribution in [3.05, 3.63) is 109 Å². The lowest BCUT2D eigenvalue weighted by molar-refractivity contribution is 1.33. The molecular formula is C28H18N2. The Morgan fingerprint density at radius 2 is 0.833 bits per heavy atom. The second-order valence-corrected chi connectivity index (χ2v) is 7.47. The van der Waals surface area contributed by atoms with Gasteiger partial charge in [0.15, 0.2) is 0 Å². The van der Waals surface area contributed by atoms with Gasteiger partial charge in [0.05, 0.1) is 11.4 Å². The first-order valence-electron chi connectivity index (χ1n) is 10.1. The molecule has 140 valence electrons. The zero-order valence-corrected chi connectivity index (χ0v) is 16.3. The normalized spacial score (nSPS) is 11.3. The van der Waals surface area contributed by atoms with Crippen molar-refractivity contribution in [1.29, 1.82) is 0 Å². The quantitative estimate of drug-likeness (QED) is 0.294. The van der Waals surface area contributed by atoms with Crippen LogP contribution in [0.1, 0.15) is 0 Å².